The van der Waals surface area contributed by atoms with Crippen LogP contribution in [0, 0.1) is 0 Å². The van der Waals surface area contributed by atoms with Crippen LogP contribution in [0.3, 0.4) is 0 Å². The number of benzene rings is 6. The highest BCUT2D eigenvalue weighted by Crippen LogP contribution is 2.42. The second-order valence-electron chi connectivity index (χ2n) is 11.6. The fraction of sp³-hybridized carbons (Fsp3) is 0. The molecular weight excluding hydrogens is 564 g/mol. The van der Waals surface area contributed by atoms with Crippen molar-refractivity contribution in [2.24, 2.45) is 0 Å². The first kappa shape index (κ1) is 25.0. The molecule has 0 bridgehead atoms. The summed E-state index contributed by atoms with van der Waals surface area (Å²) in [7, 11) is 0. The Morgan fingerprint density at radius 3 is 1.98 bits per heavy atom. The summed E-state index contributed by atoms with van der Waals surface area (Å²) in [4.78, 5) is 20.2. The molecule has 10 aromatic rings. The average Bonchev–Trinajstić information content (AvgIpc) is 3.65. The molecular formula is C40H24N6. The van der Waals surface area contributed by atoms with Crippen molar-refractivity contribution in [3.05, 3.63) is 146 Å². The molecule has 6 heteroatoms. The fourth-order valence-corrected chi connectivity index (χ4v) is 6.97. The van der Waals surface area contributed by atoms with Crippen molar-refractivity contribution < 1.29 is 0 Å². The van der Waals surface area contributed by atoms with Crippen molar-refractivity contribution in [2.75, 3.05) is 0 Å². The molecule has 0 amide bonds. The van der Waals surface area contributed by atoms with Crippen LogP contribution in [0.1, 0.15) is 0 Å². The van der Waals surface area contributed by atoms with Crippen LogP contribution in [-0.4, -0.2) is 29.1 Å². The second kappa shape index (κ2) is 9.55. The fourth-order valence-electron chi connectivity index (χ4n) is 6.97. The zero-order chi connectivity index (χ0) is 30.2. The Labute approximate surface area is 262 Å². The van der Waals surface area contributed by atoms with Gasteiger partial charge in [-0.25, -0.2) is 15.0 Å². The largest absolute Gasteiger partial charge is 0.305 e. The zero-order valence-electron chi connectivity index (χ0n) is 24.5. The van der Waals surface area contributed by atoms with Crippen molar-refractivity contribution in [3.8, 4) is 22.9 Å². The Kier molecular flexibility index (Phi) is 5.19. The summed E-state index contributed by atoms with van der Waals surface area (Å²) in [6.07, 6.45) is 3.80. The molecule has 0 saturated carbocycles. The van der Waals surface area contributed by atoms with Gasteiger partial charge in [-0.05, 0) is 36.4 Å². The molecule has 6 nitrogen and oxygen atoms in total. The average molecular weight is 589 g/mol. The van der Waals surface area contributed by atoms with Gasteiger partial charge in [0.15, 0.2) is 0 Å². The summed E-state index contributed by atoms with van der Waals surface area (Å²) in [5.74, 6) is 0.638. The van der Waals surface area contributed by atoms with Gasteiger partial charge in [0.1, 0.15) is 5.52 Å². The zero-order valence-corrected chi connectivity index (χ0v) is 24.5. The molecule has 6 aromatic carbocycles. The van der Waals surface area contributed by atoms with Gasteiger partial charge in [0.25, 0.3) is 0 Å². The molecule has 214 valence electrons. The summed E-state index contributed by atoms with van der Waals surface area (Å²) >= 11 is 0. The van der Waals surface area contributed by atoms with E-state index < -0.39 is 0 Å². The molecule has 0 unspecified atom stereocenters. The van der Waals surface area contributed by atoms with Crippen molar-refractivity contribution >= 4 is 65.5 Å². The Bertz CT molecular complexity index is 2800. The van der Waals surface area contributed by atoms with E-state index in [0.717, 1.165) is 82.5 Å². The van der Waals surface area contributed by atoms with E-state index in [0.29, 0.717) is 5.95 Å². The Hall–Kier alpha value is -6.40. The van der Waals surface area contributed by atoms with Crippen molar-refractivity contribution in [2.45, 2.75) is 0 Å². The van der Waals surface area contributed by atoms with Gasteiger partial charge in [-0.15, -0.1) is 0 Å². The third-order valence-electron chi connectivity index (χ3n) is 8.99. The lowest BCUT2D eigenvalue weighted by molar-refractivity contribution is 1.01. The minimum Gasteiger partial charge on any atom is -0.305 e. The van der Waals surface area contributed by atoms with E-state index in [1.54, 1.807) is 0 Å². The molecule has 46 heavy (non-hydrogen) atoms. The summed E-state index contributed by atoms with van der Waals surface area (Å²) in [6, 6.07) is 46.1. The highest BCUT2D eigenvalue weighted by atomic mass is 15.2. The van der Waals surface area contributed by atoms with Crippen LogP contribution >= 0.6 is 0 Å². The van der Waals surface area contributed by atoms with E-state index in [9.17, 15) is 0 Å². The Balaban J connectivity index is 1.40. The van der Waals surface area contributed by atoms with Crippen LogP contribution in [0.4, 0.5) is 0 Å². The number of nitrogens with zero attached hydrogens (tertiary/aromatic N) is 6. The molecule has 10 rings (SSSR count). The number of aromatic nitrogens is 6. The molecule has 4 aromatic heterocycles. The molecule has 0 aliphatic carbocycles. The van der Waals surface area contributed by atoms with Crippen LogP contribution < -0.4 is 0 Å². The second-order valence-corrected chi connectivity index (χ2v) is 11.6. The Morgan fingerprint density at radius 1 is 0.435 bits per heavy atom. The monoisotopic (exact) mass is 588 g/mol. The standard InChI is InChI=1S/C40H24N6/c1-3-11-25(12-4-1)34-24-41-36-33(43-34)22-21-30-31-20-19-29-28-16-8-10-18-35(28)46(40-42-23-26-13-7-9-17-32(26)44-40)39(29)38(31)45(37(30)36)27-14-5-2-6-15-27/h1-24H. The van der Waals surface area contributed by atoms with Crippen LogP contribution in [0.15, 0.2) is 146 Å². The summed E-state index contributed by atoms with van der Waals surface area (Å²) in [6.45, 7) is 0. The lowest BCUT2D eigenvalue weighted by Crippen LogP contribution is -2.03. The van der Waals surface area contributed by atoms with Gasteiger partial charge in [-0.2, -0.15) is 0 Å². The number of hydrogen-bond donors (Lipinski definition) is 0. The molecule has 0 atom stereocenters. The van der Waals surface area contributed by atoms with Gasteiger partial charge >= 0.3 is 0 Å². The summed E-state index contributed by atoms with van der Waals surface area (Å²) in [5.41, 5.74) is 9.77. The van der Waals surface area contributed by atoms with Crippen LogP contribution in [0.2, 0.25) is 0 Å². The predicted octanol–water partition coefficient (Wildman–Crippen LogP) is 9.43. The maximum absolute atomic E-state index is 5.09. The number of rotatable bonds is 3. The van der Waals surface area contributed by atoms with Crippen molar-refractivity contribution in [3.63, 3.8) is 0 Å². The molecule has 0 saturated heterocycles. The minimum atomic E-state index is 0.638. The summed E-state index contributed by atoms with van der Waals surface area (Å²) in [5, 5.41) is 5.55. The first-order valence-electron chi connectivity index (χ1n) is 15.3. The van der Waals surface area contributed by atoms with Gasteiger partial charge in [-0.1, -0.05) is 97.1 Å². The van der Waals surface area contributed by atoms with E-state index in [2.05, 4.69) is 100 Å². The lowest BCUT2D eigenvalue weighted by Gasteiger charge is -2.12. The molecule has 0 N–H and O–H groups in total. The third-order valence-corrected chi connectivity index (χ3v) is 8.99. The first-order chi connectivity index (χ1) is 22.8. The van der Waals surface area contributed by atoms with E-state index in [1.165, 1.54) is 0 Å². The van der Waals surface area contributed by atoms with Gasteiger partial charge in [0.05, 0.1) is 45.0 Å². The third kappa shape index (κ3) is 3.52. The molecule has 0 aliphatic rings. The molecule has 0 fully saturated rings. The van der Waals surface area contributed by atoms with E-state index in [-0.39, 0.29) is 0 Å². The van der Waals surface area contributed by atoms with Crippen molar-refractivity contribution in [1.82, 2.24) is 29.1 Å². The topological polar surface area (TPSA) is 61.4 Å². The normalized spacial score (nSPS) is 11.9. The minimum absolute atomic E-state index is 0.638. The van der Waals surface area contributed by atoms with E-state index in [1.807, 2.05) is 54.9 Å². The quantitative estimate of drug-likeness (QED) is 0.206. The SMILES string of the molecule is c1ccc(-c2cnc3c(ccc4c5ccc6c7ccccc7n(-c7ncc8ccccc8n7)c6c5n(-c5ccccc5)c43)n2)cc1. The highest BCUT2D eigenvalue weighted by molar-refractivity contribution is 6.26. The molecule has 0 radical (unpaired) electrons. The smallest absolute Gasteiger partial charge is 0.235 e. The highest BCUT2D eigenvalue weighted by Gasteiger charge is 2.23. The number of hydrogen-bond acceptors (Lipinski definition) is 4. The van der Waals surface area contributed by atoms with Crippen LogP contribution in [0.5, 0.6) is 0 Å². The molecule has 4 heterocycles. The van der Waals surface area contributed by atoms with E-state index in [4.69, 9.17) is 19.9 Å². The maximum Gasteiger partial charge on any atom is 0.235 e. The molecule has 0 aliphatic heterocycles. The van der Waals surface area contributed by atoms with Crippen LogP contribution in [0.25, 0.3) is 88.4 Å². The Morgan fingerprint density at radius 2 is 1.11 bits per heavy atom. The summed E-state index contributed by atoms with van der Waals surface area (Å²) < 4.78 is 4.57. The van der Waals surface area contributed by atoms with Crippen LogP contribution in [-0.2, 0) is 0 Å². The maximum atomic E-state index is 5.09. The van der Waals surface area contributed by atoms with E-state index >= 15 is 0 Å². The van der Waals surface area contributed by atoms with Gasteiger partial charge < -0.3 is 4.57 Å². The predicted molar refractivity (Wildman–Crippen MR) is 187 cm³/mol. The lowest BCUT2D eigenvalue weighted by atomic mass is 10.1. The number of fused-ring (bicyclic) bond motifs is 10. The molecule has 0 spiro atoms. The van der Waals surface area contributed by atoms with Gasteiger partial charge in [-0.3, -0.25) is 9.55 Å². The van der Waals surface area contributed by atoms with Gasteiger partial charge in [0.2, 0.25) is 5.95 Å². The van der Waals surface area contributed by atoms with Gasteiger partial charge in [0, 0.05) is 44.4 Å². The first-order valence-corrected chi connectivity index (χ1v) is 15.3. The number of para-hydroxylation sites is 3. The van der Waals surface area contributed by atoms with Crippen molar-refractivity contribution in [1.29, 1.82) is 0 Å².